The zero-order valence-electron chi connectivity index (χ0n) is 19.2. The van der Waals surface area contributed by atoms with Crippen LogP contribution in [0, 0.1) is 11.7 Å². The summed E-state index contributed by atoms with van der Waals surface area (Å²) in [5.41, 5.74) is 7.54. The number of aliphatic imine (C=N–C) groups is 1. The number of nitrogens with one attached hydrogen (secondary N) is 3. The van der Waals surface area contributed by atoms with Crippen LogP contribution in [0.2, 0.25) is 5.02 Å². The lowest BCUT2D eigenvalue weighted by molar-refractivity contribution is -0.118. The molecule has 0 bridgehead atoms. The van der Waals surface area contributed by atoms with Gasteiger partial charge in [0.25, 0.3) is 11.8 Å². The highest BCUT2D eigenvalue weighted by atomic mass is 35.5. The van der Waals surface area contributed by atoms with Crippen LogP contribution >= 0.6 is 11.6 Å². The van der Waals surface area contributed by atoms with Gasteiger partial charge in [-0.1, -0.05) is 30.5 Å². The molecule has 1 saturated carbocycles. The average molecular weight is 500 g/mol. The van der Waals surface area contributed by atoms with Crippen LogP contribution in [0.1, 0.15) is 37.9 Å². The van der Waals surface area contributed by atoms with E-state index in [0.29, 0.717) is 28.7 Å². The molecule has 2 fully saturated rings. The number of epoxide rings is 1. The zero-order chi connectivity index (χ0) is 24.9. The number of benzene rings is 2. The van der Waals surface area contributed by atoms with Gasteiger partial charge in [0.05, 0.1) is 0 Å². The molecule has 4 rings (SSSR count). The van der Waals surface area contributed by atoms with Crippen molar-refractivity contribution in [3.05, 3.63) is 70.3 Å². The number of hydrogen-bond donors (Lipinski definition) is 4. The van der Waals surface area contributed by atoms with Crippen LogP contribution in [-0.2, 0) is 14.3 Å². The van der Waals surface area contributed by atoms with Gasteiger partial charge in [-0.05, 0) is 55.7 Å². The highest BCUT2D eigenvalue weighted by Crippen LogP contribution is 2.42. The predicted octanol–water partition coefficient (Wildman–Crippen LogP) is 4.10. The molecule has 0 aromatic heterocycles. The Hall–Kier alpha value is -3.43. The minimum atomic E-state index is -0.625. The molecular formula is C25H27ClFN5O3. The topological polar surface area (TPSA) is 121 Å². The molecule has 1 aliphatic heterocycles. The molecule has 184 valence electrons. The number of hydrogen-bond acceptors (Lipinski definition) is 6. The number of carbonyl (C=O) groups is 2. The molecule has 0 radical (unpaired) electrons. The fourth-order valence-corrected chi connectivity index (χ4v) is 3.85. The standard InChI is InChI=1S/C25H27ClFN5O3/c1-2-29-21(24(34)30-12-11-14-3-4-14)20(28)23(33)31-16-6-8-17(9-7-16)32-25-22(35-25)18-10-5-15(27)13-19(18)26/h2,5-10,13-14,22,25,32H,3-4,11-12,28H2,1H3,(H,30,34)(H,31,33)/b21-20-,29-2?. The number of rotatable bonds is 10. The molecule has 5 N–H and O–H groups in total. The summed E-state index contributed by atoms with van der Waals surface area (Å²) < 4.78 is 18.9. The molecular weight excluding hydrogens is 473 g/mol. The van der Waals surface area contributed by atoms with Crippen molar-refractivity contribution in [2.75, 3.05) is 17.2 Å². The number of ether oxygens (including phenoxy) is 1. The Labute approximate surface area is 207 Å². The van der Waals surface area contributed by atoms with E-state index in [1.807, 2.05) is 0 Å². The molecule has 1 aliphatic carbocycles. The van der Waals surface area contributed by atoms with Crippen molar-refractivity contribution in [1.82, 2.24) is 5.32 Å². The van der Waals surface area contributed by atoms with Crippen molar-refractivity contribution < 1.29 is 18.7 Å². The summed E-state index contributed by atoms with van der Waals surface area (Å²) in [7, 11) is 0. The van der Waals surface area contributed by atoms with Gasteiger partial charge in [0.2, 0.25) is 0 Å². The van der Waals surface area contributed by atoms with Gasteiger partial charge in [0.1, 0.15) is 17.6 Å². The molecule has 1 heterocycles. The first-order valence-electron chi connectivity index (χ1n) is 11.4. The van der Waals surface area contributed by atoms with Crippen molar-refractivity contribution in [3.63, 3.8) is 0 Å². The van der Waals surface area contributed by atoms with E-state index < -0.39 is 17.6 Å². The quantitative estimate of drug-likeness (QED) is 0.223. The average Bonchev–Trinajstić information content (AvgIpc) is 3.76. The normalized spacial score (nSPS) is 19.7. The molecule has 10 heteroatoms. The Balaban J connectivity index is 1.33. The lowest BCUT2D eigenvalue weighted by Gasteiger charge is -2.10. The Morgan fingerprint density at radius 2 is 1.89 bits per heavy atom. The molecule has 2 aromatic carbocycles. The van der Waals surface area contributed by atoms with Crippen molar-refractivity contribution in [3.8, 4) is 0 Å². The molecule has 35 heavy (non-hydrogen) atoms. The van der Waals surface area contributed by atoms with Crippen LogP contribution < -0.4 is 21.7 Å². The van der Waals surface area contributed by atoms with Crippen LogP contribution in [0.4, 0.5) is 15.8 Å². The summed E-state index contributed by atoms with van der Waals surface area (Å²) in [5, 5.41) is 8.96. The SMILES string of the molecule is CC=N/C(C(=O)NCCC1CC1)=C(\N)C(=O)Nc1ccc(NC2OC2c2ccc(F)cc2Cl)cc1. The van der Waals surface area contributed by atoms with Crippen LogP contribution in [0.5, 0.6) is 0 Å². The third-order valence-corrected chi connectivity index (χ3v) is 6.05. The van der Waals surface area contributed by atoms with Gasteiger partial charge in [-0.15, -0.1) is 0 Å². The Kier molecular flexibility index (Phi) is 7.67. The molecule has 0 spiro atoms. The molecule has 8 nitrogen and oxygen atoms in total. The number of halogens is 2. The van der Waals surface area contributed by atoms with Gasteiger partial charge < -0.3 is 26.4 Å². The van der Waals surface area contributed by atoms with Gasteiger partial charge in [0, 0.05) is 34.7 Å². The van der Waals surface area contributed by atoms with Crippen molar-refractivity contribution in [2.45, 2.75) is 38.5 Å². The third-order valence-electron chi connectivity index (χ3n) is 5.72. The Morgan fingerprint density at radius 1 is 1.17 bits per heavy atom. The molecule has 2 aromatic rings. The van der Waals surface area contributed by atoms with Crippen LogP contribution in [0.15, 0.2) is 58.9 Å². The predicted molar refractivity (Wildman–Crippen MR) is 133 cm³/mol. The van der Waals surface area contributed by atoms with Gasteiger partial charge in [0.15, 0.2) is 11.9 Å². The fourth-order valence-electron chi connectivity index (χ4n) is 3.57. The fraction of sp³-hybridized carbons (Fsp3) is 0.320. The lowest BCUT2D eigenvalue weighted by Crippen LogP contribution is -2.31. The number of nitrogens with zero attached hydrogens (tertiary/aromatic N) is 1. The molecule has 2 aliphatic rings. The van der Waals surface area contributed by atoms with Crippen LogP contribution in [0.3, 0.4) is 0 Å². The molecule has 1 saturated heterocycles. The van der Waals surface area contributed by atoms with E-state index in [1.54, 1.807) is 37.3 Å². The number of carbonyl (C=O) groups excluding carboxylic acids is 2. The van der Waals surface area contributed by atoms with E-state index in [1.165, 1.54) is 31.2 Å². The molecule has 2 atom stereocenters. The largest absolute Gasteiger partial charge is 0.392 e. The highest BCUT2D eigenvalue weighted by Gasteiger charge is 2.41. The smallest absolute Gasteiger partial charge is 0.273 e. The second-order valence-electron chi connectivity index (χ2n) is 8.46. The summed E-state index contributed by atoms with van der Waals surface area (Å²) in [5.74, 6) is -0.829. The highest BCUT2D eigenvalue weighted by molar-refractivity contribution is 6.31. The van der Waals surface area contributed by atoms with E-state index in [9.17, 15) is 14.0 Å². The zero-order valence-corrected chi connectivity index (χ0v) is 19.9. The van der Waals surface area contributed by atoms with Crippen molar-refractivity contribution in [2.24, 2.45) is 16.6 Å². The van der Waals surface area contributed by atoms with Crippen LogP contribution in [0.25, 0.3) is 0 Å². The van der Waals surface area contributed by atoms with E-state index in [4.69, 9.17) is 22.1 Å². The summed E-state index contributed by atoms with van der Waals surface area (Å²) in [6.45, 7) is 2.17. The third kappa shape index (κ3) is 6.58. The minimum Gasteiger partial charge on any atom is -0.392 e. The monoisotopic (exact) mass is 499 g/mol. The van der Waals surface area contributed by atoms with Gasteiger partial charge in [-0.25, -0.2) is 4.39 Å². The van der Waals surface area contributed by atoms with E-state index in [2.05, 4.69) is 20.9 Å². The summed E-state index contributed by atoms with van der Waals surface area (Å²) >= 11 is 6.09. The summed E-state index contributed by atoms with van der Waals surface area (Å²) in [6.07, 6.45) is 4.14. The Morgan fingerprint density at radius 3 is 2.54 bits per heavy atom. The first kappa shape index (κ1) is 24.7. The maximum Gasteiger partial charge on any atom is 0.273 e. The molecule has 2 amide bonds. The van der Waals surface area contributed by atoms with Gasteiger partial charge >= 0.3 is 0 Å². The van der Waals surface area contributed by atoms with E-state index >= 15 is 0 Å². The second-order valence-corrected chi connectivity index (χ2v) is 8.86. The van der Waals surface area contributed by atoms with E-state index in [-0.39, 0.29) is 23.7 Å². The van der Waals surface area contributed by atoms with Crippen molar-refractivity contribution in [1.29, 1.82) is 0 Å². The Bertz CT molecular complexity index is 1160. The summed E-state index contributed by atoms with van der Waals surface area (Å²) in [6, 6.07) is 11.1. The van der Waals surface area contributed by atoms with Crippen molar-refractivity contribution >= 4 is 41.0 Å². The maximum atomic E-state index is 13.2. The number of anilines is 2. The van der Waals surface area contributed by atoms with Gasteiger partial charge in [-0.3, -0.25) is 14.6 Å². The maximum absolute atomic E-state index is 13.2. The van der Waals surface area contributed by atoms with E-state index in [0.717, 1.165) is 12.1 Å². The van der Waals surface area contributed by atoms with Crippen LogP contribution in [-0.4, -0.2) is 30.8 Å². The second kappa shape index (κ2) is 10.9. The number of amides is 2. The minimum absolute atomic E-state index is 0.115. The van der Waals surface area contributed by atoms with Gasteiger partial charge in [-0.2, -0.15) is 0 Å². The molecule has 2 unspecified atom stereocenters. The first-order valence-corrected chi connectivity index (χ1v) is 11.8. The summed E-state index contributed by atoms with van der Waals surface area (Å²) in [4.78, 5) is 29.1. The first-order chi connectivity index (χ1) is 16.9. The lowest BCUT2D eigenvalue weighted by atomic mass is 10.1. The number of nitrogens with two attached hydrogens (primary N) is 1.